The lowest BCUT2D eigenvalue weighted by Crippen LogP contribution is -2.43. The Morgan fingerprint density at radius 2 is 2.00 bits per heavy atom. The number of amides is 1. The van der Waals surface area contributed by atoms with E-state index in [4.69, 9.17) is 0 Å². The van der Waals surface area contributed by atoms with Gasteiger partial charge in [0.1, 0.15) is 6.54 Å². The Bertz CT molecular complexity index is 607. The molecule has 0 saturated carbocycles. The number of aromatic nitrogens is 3. The quantitative estimate of drug-likeness (QED) is 0.898. The molecule has 1 saturated heterocycles. The van der Waals surface area contributed by atoms with Crippen LogP contribution in [0.15, 0.2) is 42.7 Å². The molecule has 0 spiro atoms. The summed E-state index contributed by atoms with van der Waals surface area (Å²) in [6.07, 6.45) is 5.28. The largest absolute Gasteiger partial charge is 0.392 e. The van der Waals surface area contributed by atoms with Crippen LogP contribution in [-0.2, 0) is 17.8 Å². The first-order valence-corrected chi connectivity index (χ1v) is 8.06. The van der Waals surface area contributed by atoms with Crippen LogP contribution in [0.5, 0.6) is 0 Å². The van der Waals surface area contributed by atoms with E-state index in [1.807, 2.05) is 35.2 Å². The normalized spacial score (nSPS) is 17.2. The molecule has 3 rings (SSSR count). The molecule has 0 aliphatic carbocycles. The van der Waals surface area contributed by atoms with Crippen molar-refractivity contribution < 1.29 is 9.90 Å². The van der Waals surface area contributed by atoms with Gasteiger partial charge in [0, 0.05) is 19.3 Å². The van der Waals surface area contributed by atoms with Crippen LogP contribution in [0, 0.1) is 5.92 Å². The van der Waals surface area contributed by atoms with Crippen molar-refractivity contribution in [2.45, 2.75) is 31.9 Å². The van der Waals surface area contributed by atoms with Crippen LogP contribution in [0.25, 0.3) is 0 Å². The number of carbonyl (C=O) groups is 1. The predicted octanol–water partition coefficient (Wildman–Crippen LogP) is 1.12. The van der Waals surface area contributed by atoms with E-state index in [-0.39, 0.29) is 24.5 Å². The van der Waals surface area contributed by atoms with Gasteiger partial charge < -0.3 is 10.0 Å². The number of aliphatic hydroxyl groups excluding tert-OH is 1. The molecule has 1 atom stereocenters. The van der Waals surface area contributed by atoms with E-state index < -0.39 is 0 Å². The number of likely N-dealkylation sites (tertiary alicyclic amines) is 1. The van der Waals surface area contributed by atoms with E-state index in [1.165, 1.54) is 0 Å². The number of aliphatic hydroxyl groups is 1. The van der Waals surface area contributed by atoms with Gasteiger partial charge in [-0.2, -0.15) is 0 Å². The number of hydrogen-bond acceptors (Lipinski definition) is 4. The summed E-state index contributed by atoms with van der Waals surface area (Å²) in [6.45, 7) is 1.63. The summed E-state index contributed by atoms with van der Waals surface area (Å²) < 4.78 is 1.54. The van der Waals surface area contributed by atoms with E-state index in [9.17, 15) is 9.90 Å². The lowest BCUT2D eigenvalue weighted by molar-refractivity contribution is -0.134. The lowest BCUT2D eigenvalue weighted by atomic mass is 9.88. The van der Waals surface area contributed by atoms with Crippen LogP contribution in [0.1, 0.15) is 18.4 Å². The van der Waals surface area contributed by atoms with Crippen LogP contribution in [0.4, 0.5) is 0 Å². The zero-order valence-electron chi connectivity index (χ0n) is 13.1. The fourth-order valence-corrected chi connectivity index (χ4v) is 3.11. The SMILES string of the molecule is O=C(Cn1ccnn1)N1CCC([C@@H](O)Cc2ccccc2)CC1. The van der Waals surface area contributed by atoms with Gasteiger partial charge in [-0.25, -0.2) is 4.68 Å². The summed E-state index contributed by atoms with van der Waals surface area (Å²) in [5.74, 6) is 0.317. The van der Waals surface area contributed by atoms with Crippen molar-refractivity contribution >= 4 is 5.91 Å². The Morgan fingerprint density at radius 3 is 2.65 bits per heavy atom. The smallest absolute Gasteiger partial charge is 0.244 e. The first kappa shape index (κ1) is 15.7. The molecule has 1 aliphatic heterocycles. The Hall–Kier alpha value is -2.21. The average molecular weight is 314 g/mol. The standard InChI is InChI=1S/C17H22N4O2/c22-16(12-14-4-2-1-3-5-14)15-6-9-20(10-7-15)17(23)13-21-11-8-18-19-21/h1-5,8,11,15-16,22H,6-7,9-10,12-13H2/t16-/m0/s1. The Kier molecular flexibility index (Phi) is 5.02. The first-order valence-electron chi connectivity index (χ1n) is 8.06. The third kappa shape index (κ3) is 4.16. The van der Waals surface area contributed by atoms with Gasteiger partial charge in [-0.1, -0.05) is 35.5 Å². The topological polar surface area (TPSA) is 71.2 Å². The van der Waals surface area contributed by atoms with Gasteiger partial charge in [0.2, 0.25) is 5.91 Å². The van der Waals surface area contributed by atoms with Crippen LogP contribution in [0.2, 0.25) is 0 Å². The molecular weight excluding hydrogens is 292 g/mol. The lowest BCUT2D eigenvalue weighted by Gasteiger charge is -2.34. The molecule has 6 nitrogen and oxygen atoms in total. The van der Waals surface area contributed by atoms with Gasteiger partial charge in [-0.15, -0.1) is 5.10 Å². The van der Waals surface area contributed by atoms with Gasteiger partial charge in [0.25, 0.3) is 0 Å². The van der Waals surface area contributed by atoms with Gasteiger partial charge in [0.05, 0.1) is 12.3 Å². The van der Waals surface area contributed by atoms with Crippen molar-refractivity contribution in [1.29, 1.82) is 0 Å². The van der Waals surface area contributed by atoms with Crippen molar-refractivity contribution in [3.63, 3.8) is 0 Å². The number of nitrogens with zero attached hydrogens (tertiary/aromatic N) is 4. The molecule has 2 heterocycles. The summed E-state index contributed by atoms with van der Waals surface area (Å²) in [5.41, 5.74) is 1.16. The minimum absolute atomic E-state index is 0.0616. The molecular formula is C17H22N4O2. The van der Waals surface area contributed by atoms with Crippen molar-refractivity contribution in [2.75, 3.05) is 13.1 Å². The molecule has 1 amide bonds. The molecule has 2 aromatic rings. The van der Waals surface area contributed by atoms with E-state index in [1.54, 1.807) is 17.1 Å². The third-order valence-electron chi connectivity index (χ3n) is 4.49. The molecule has 23 heavy (non-hydrogen) atoms. The fourth-order valence-electron chi connectivity index (χ4n) is 3.11. The Labute approximate surface area is 135 Å². The van der Waals surface area contributed by atoms with E-state index in [0.29, 0.717) is 19.5 Å². The highest BCUT2D eigenvalue weighted by Crippen LogP contribution is 2.23. The van der Waals surface area contributed by atoms with Gasteiger partial charge in [0.15, 0.2) is 0 Å². The number of piperidine rings is 1. The molecule has 1 fully saturated rings. The highest BCUT2D eigenvalue weighted by Gasteiger charge is 2.27. The maximum absolute atomic E-state index is 12.2. The molecule has 0 radical (unpaired) electrons. The molecule has 122 valence electrons. The van der Waals surface area contributed by atoms with Gasteiger partial charge in [-0.05, 0) is 30.7 Å². The number of carbonyl (C=O) groups excluding carboxylic acids is 1. The summed E-state index contributed by atoms with van der Waals surface area (Å²) in [5, 5.41) is 18.0. The molecule has 1 aliphatic rings. The number of rotatable bonds is 5. The minimum atomic E-state index is -0.343. The molecule has 0 bridgehead atoms. The molecule has 1 aromatic heterocycles. The summed E-state index contributed by atoms with van der Waals surface area (Å²) in [4.78, 5) is 14.1. The third-order valence-corrected chi connectivity index (χ3v) is 4.49. The average Bonchev–Trinajstić information content (AvgIpc) is 3.09. The monoisotopic (exact) mass is 314 g/mol. The Balaban J connectivity index is 1.47. The molecule has 0 unspecified atom stereocenters. The van der Waals surface area contributed by atoms with Crippen LogP contribution < -0.4 is 0 Å². The second kappa shape index (κ2) is 7.37. The van der Waals surface area contributed by atoms with E-state index >= 15 is 0 Å². The van der Waals surface area contributed by atoms with Crippen LogP contribution in [0.3, 0.4) is 0 Å². The maximum Gasteiger partial charge on any atom is 0.244 e. The van der Waals surface area contributed by atoms with Gasteiger partial charge in [-0.3, -0.25) is 4.79 Å². The molecule has 1 N–H and O–H groups in total. The van der Waals surface area contributed by atoms with Crippen molar-refractivity contribution in [2.24, 2.45) is 5.92 Å². The summed E-state index contributed by atoms with van der Waals surface area (Å²) in [6, 6.07) is 10.1. The van der Waals surface area contributed by atoms with Crippen LogP contribution >= 0.6 is 0 Å². The van der Waals surface area contributed by atoms with Crippen molar-refractivity contribution in [1.82, 2.24) is 19.9 Å². The highest BCUT2D eigenvalue weighted by atomic mass is 16.3. The predicted molar refractivity (Wildman–Crippen MR) is 85.5 cm³/mol. The first-order chi connectivity index (χ1) is 11.2. The van der Waals surface area contributed by atoms with E-state index in [0.717, 1.165) is 18.4 Å². The fraction of sp³-hybridized carbons (Fsp3) is 0.471. The molecule has 1 aromatic carbocycles. The minimum Gasteiger partial charge on any atom is -0.392 e. The Morgan fingerprint density at radius 1 is 1.26 bits per heavy atom. The molecule has 6 heteroatoms. The summed E-state index contributed by atoms with van der Waals surface area (Å²) >= 11 is 0. The van der Waals surface area contributed by atoms with Crippen molar-refractivity contribution in [3.8, 4) is 0 Å². The maximum atomic E-state index is 12.2. The second-order valence-corrected chi connectivity index (χ2v) is 6.08. The van der Waals surface area contributed by atoms with Crippen molar-refractivity contribution in [3.05, 3.63) is 48.3 Å². The zero-order valence-corrected chi connectivity index (χ0v) is 13.1. The highest BCUT2D eigenvalue weighted by molar-refractivity contribution is 5.75. The number of hydrogen-bond donors (Lipinski definition) is 1. The van der Waals surface area contributed by atoms with Gasteiger partial charge >= 0.3 is 0 Å². The zero-order chi connectivity index (χ0) is 16.1. The van der Waals surface area contributed by atoms with Crippen LogP contribution in [-0.4, -0.2) is 50.1 Å². The van der Waals surface area contributed by atoms with E-state index in [2.05, 4.69) is 10.3 Å². The summed E-state index contributed by atoms with van der Waals surface area (Å²) in [7, 11) is 0. The number of benzene rings is 1. The second-order valence-electron chi connectivity index (χ2n) is 6.08.